The van der Waals surface area contributed by atoms with E-state index in [4.69, 9.17) is 10.5 Å². The van der Waals surface area contributed by atoms with E-state index in [0.717, 1.165) is 62.2 Å². The molecule has 7 atom stereocenters. The van der Waals surface area contributed by atoms with Crippen LogP contribution in [0.5, 0.6) is 0 Å². The van der Waals surface area contributed by atoms with Crippen LogP contribution in [-0.2, 0) is 55.5 Å². The quantitative estimate of drug-likeness (QED) is 0.0339. The van der Waals surface area contributed by atoms with E-state index in [1.165, 1.54) is 13.8 Å². The molecule has 2 aromatic rings. The number of aliphatic carboxylic acids is 1. The van der Waals surface area contributed by atoms with Crippen molar-refractivity contribution in [2.45, 2.75) is 143 Å². The molecule has 1 saturated heterocycles. The number of anilines is 1. The summed E-state index contributed by atoms with van der Waals surface area (Å²) < 4.78 is 60.9. The smallest absolute Gasteiger partial charge is 0.309 e. The number of amides is 2. The van der Waals surface area contributed by atoms with Crippen LogP contribution in [-0.4, -0.2) is 109 Å². The van der Waals surface area contributed by atoms with Crippen LogP contribution in [0, 0.1) is 16.2 Å². The van der Waals surface area contributed by atoms with Crippen molar-refractivity contribution < 1.29 is 90.4 Å². The standard InChI is InChI=1S/C40H68N7O19P3/c1-38(2,18-14-12-10-8-7-9-11-13-15-19-39(3,4)37(53)54)27(48)16-20-42-28(49)17-21-43-35(52)32(51)40(5,6)23-63-69(60,61)66-68(58,59)62-22-26-31(65-67(55,56)57)30(50)36(64-26)47-25-46-29-33(41)44-24-45-34(29)47/h7-8,24-26,30-32,36,50-51H,9-23H2,1-6H3,(H,42,49)(H,43,52)(H,53,54)(H,58,59)(H,60,61)(H2,41,44,45)(H2,55,56,57)/p-4/b8-7+. The molecule has 7 N–H and O–H groups in total. The van der Waals surface area contributed by atoms with E-state index in [1.807, 2.05) is 13.8 Å². The van der Waals surface area contributed by atoms with Gasteiger partial charge in [0.2, 0.25) is 11.8 Å². The van der Waals surface area contributed by atoms with Crippen molar-refractivity contribution in [3.05, 3.63) is 24.8 Å². The average Bonchev–Trinajstić information content (AvgIpc) is 3.80. The molecule has 1 aliphatic rings. The fourth-order valence-corrected chi connectivity index (χ4v) is 9.62. The Morgan fingerprint density at radius 3 is 2.10 bits per heavy atom. The van der Waals surface area contributed by atoms with Gasteiger partial charge in [0, 0.05) is 36.8 Å². The maximum Gasteiger partial charge on any atom is 0.309 e. The van der Waals surface area contributed by atoms with Crippen molar-refractivity contribution in [1.82, 2.24) is 30.2 Å². The molecule has 0 saturated carbocycles. The molecule has 3 heterocycles. The summed E-state index contributed by atoms with van der Waals surface area (Å²) in [6, 6.07) is 0. The van der Waals surface area contributed by atoms with Crippen LogP contribution in [0.15, 0.2) is 24.8 Å². The van der Waals surface area contributed by atoms with Crippen LogP contribution in [0.3, 0.4) is 0 Å². The number of rotatable bonds is 32. The van der Waals surface area contributed by atoms with Gasteiger partial charge in [-0.2, -0.15) is 0 Å². The third-order valence-corrected chi connectivity index (χ3v) is 14.3. The van der Waals surface area contributed by atoms with Gasteiger partial charge < -0.3 is 74.1 Å². The first kappa shape index (κ1) is 59.7. The summed E-state index contributed by atoms with van der Waals surface area (Å²) in [4.78, 5) is 109. The van der Waals surface area contributed by atoms with Gasteiger partial charge in [-0.15, -0.1) is 0 Å². The number of nitrogen functional groups attached to an aromatic ring is 1. The number of nitrogens with two attached hydrogens (primary N) is 1. The van der Waals surface area contributed by atoms with E-state index < -0.39 is 101 Å². The minimum absolute atomic E-state index is 0.0268. The number of allylic oxidation sites excluding steroid dienone is 2. The van der Waals surface area contributed by atoms with E-state index in [9.17, 15) is 67.8 Å². The summed E-state index contributed by atoms with van der Waals surface area (Å²) in [5, 5.41) is 35.6. The second kappa shape index (κ2) is 25.7. The molecule has 0 bridgehead atoms. The van der Waals surface area contributed by atoms with E-state index in [-0.39, 0.29) is 48.7 Å². The molecule has 26 nitrogen and oxygen atoms in total. The van der Waals surface area contributed by atoms with Crippen molar-refractivity contribution in [3.8, 4) is 0 Å². The molecule has 1 fully saturated rings. The molecule has 0 radical (unpaired) electrons. The number of ketones is 1. The number of aliphatic hydroxyl groups excluding tert-OH is 2. The van der Waals surface area contributed by atoms with Crippen molar-refractivity contribution in [1.29, 1.82) is 0 Å². The number of hydrogen-bond donors (Lipinski definition) is 6. The minimum Gasteiger partial charge on any atom is -0.790 e. The SMILES string of the molecule is CC(C)(CCCCC/C=C/CCCCC(C)(C)C(=O)CCNC(=O)CCNC(=O)C(O)C(C)(C)COP(=O)([O-])OP(=O)([O-])OCC1OC(n2cnc3c(N)ncnc32)C(O)C1OP(=O)([O-])[O-])C(=O)O. The van der Waals surface area contributed by atoms with E-state index in [0.29, 0.717) is 12.8 Å². The number of aromatic nitrogens is 4. The highest BCUT2D eigenvalue weighted by Gasteiger charge is 2.47. The summed E-state index contributed by atoms with van der Waals surface area (Å²) in [5.41, 5.74) is 2.74. The third-order valence-electron chi connectivity index (χ3n) is 11.3. The van der Waals surface area contributed by atoms with Crippen LogP contribution < -0.4 is 35.9 Å². The van der Waals surface area contributed by atoms with Crippen molar-refractivity contribution in [3.63, 3.8) is 0 Å². The summed E-state index contributed by atoms with van der Waals surface area (Å²) in [6.45, 7) is 7.08. The zero-order valence-corrected chi connectivity index (χ0v) is 42.1. The van der Waals surface area contributed by atoms with Crippen molar-refractivity contribution in [2.75, 3.05) is 32.0 Å². The molecule has 2 aromatic heterocycles. The van der Waals surface area contributed by atoms with Crippen LogP contribution in [0.2, 0.25) is 0 Å². The fraction of sp³-hybridized carbons (Fsp3) is 0.725. The molecule has 69 heavy (non-hydrogen) atoms. The number of unbranched alkanes of at least 4 members (excludes halogenated alkanes) is 5. The van der Waals surface area contributed by atoms with Crippen LogP contribution in [0.1, 0.15) is 118 Å². The summed E-state index contributed by atoms with van der Waals surface area (Å²) in [6.07, 6.45) is 4.33. The molecule has 392 valence electrons. The number of imidazole rings is 1. The number of carboxylic acid groups (broad SMARTS) is 1. The highest BCUT2D eigenvalue weighted by Crippen LogP contribution is 2.56. The molecule has 1 aliphatic heterocycles. The van der Waals surface area contributed by atoms with Crippen LogP contribution in [0.4, 0.5) is 5.82 Å². The predicted octanol–water partition coefficient (Wildman–Crippen LogP) is 1.04. The van der Waals surface area contributed by atoms with Crippen molar-refractivity contribution in [2.24, 2.45) is 16.2 Å². The highest BCUT2D eigenvalue weighted by atomic mass is 31.3. The Labute approximate surface area is 399 Å². The lowest BCUT2D eigenvalue weighted by Crippen LogP contribution is -2.46. The van der Waals surface area contributed by atoms with E-state index in [1.54, 1.807) is 13.8 Å². The zero-order chi connectivity index (χ0) is 52.0. The number of aliphatic hydroxyl groups is 2. The van der Waals surface area contributed by atoms with Crippen LogP contribution in [0.25, 0.3) is 11.2 Å². The maximum absolute atomic E-state index is 12.9. The Kier molecular flexibility index (Phi) is 22.2. The number of carbonyl (C=O) groups is 4. The molecule has 7 unspecified atom stereocenters. The number of carbonyl (C=O) groups excluding carboxylic acids is 3. The Balaban J connectivity index is 1.36. The number of nitrogens with zero attached hydrogens (tertiary/aromatic N) is 4. The van der Waals surface area contributed by atoms with Gasteiger partial charge in [0.05, 0.1) is 32.8 Å². The van der Waals surface area contributed by atoms with E-state index in [2.05, 4.69) is 55.6 Å². The third kappa shape index (κ3) is 19.5. The lowest BCUT2D eigenvalue weighted by Gasteiger charge is -2.36. The molecule has 3 rings (SSSR count). The first-order valence-corrected chi connectivity index (χ1v) is 26.5. The number of hydrogen-bond acceptors (Lipinski definition) is 22. The lowest BCUT2D eigenvalue weighted by molar-refractivity contribution is -0.347. The molecule has 0 aromatic carbocycles. The Morgan fingerprint density at radius 1 is 0.870 bits per heavy atom. The van der Waals surface area contributed by atoms with Gasteiger partial charge in [0.25, 0.3) is 15.6 Å². The predicted molar refractivity (Wildman–Crippen MR) is 236 cm³/mol. The minimum atomic E-state index is -5.94. The molecule has 0 spiro atoms. The Hall–Kier alpha value is -3.58. The maximum atomic E-state index is 12.9. The summed E-state index contributed by atoms with van der Waals surface area (Å²) >= 11 is 0. The first-order chi connectivity index (χ1) is 31.9. The molecular formula is C40H64N7O19P3-4. The highest BCUT2D eigenvalue weighted by molar-refractivity contribution is 7.59. The van der Waals surface area contributed by atoms with Gasteiger partial charge in [0.1, 0.15) is 42.0 Å². The molecule has 29 heteroatoms. The van der Waals surface area contributed by atoms with Gasteiger partial charge in [-0.3, -0.25) is 32.9 Å². The number of nitrogens with one attached hydrogen (secondary N) is 2. The summed E-state index contributed by atoms with van der Waals surface area (Å²) in [7, 11) is -17.7. The van der Waals surface area contributed by atoms with Crippen molar-refractivity contribution >= 4 is 64.0 Å². The average molecular weight is 1040 g/mol. The van der Waals surface area contributed by atoms with Gasteiger partial charge in [-0.1, -0.05) is 59.1 Å². The monoisotopic (exact) mass is 1040 g/mol. The summed E-state index contributed by atoms with van der Waals surface area (Å²) in [5.74, 6) is -2.42. The lowest BCUT2D eigenvalue weighted by atomic mass is 9.81. The van der Waals surface area contributed by atoms with Crippen LogP contribution >= 0.6 is 23.5 Å². The fourth-order valence-electron chi connectivity index (χ4n) is 6.89. The molecular weight excluding hydrogens is 975 g/mol. The number of carboxylic acids is 1. The Morgan fingerprint density at radius 2 is 1.46 bits per heavy atom. The second-order valence-electron chi connectivity index (χ2n) is 18.5. The molecule has 2 amide bonds. The topological polar surface area (TPSA) is 412 Å². The van der Waals surface area contributed by atoms with Gasteiger partial charge in [-0.05, 0) is 52.4 Å². The molecule has 0 aliphatic carbocycles. The normalized spacial score (nSPS) is 20.4. The number of phosphoric ester groups is 3. The van der Waals surface area contributed by atoms with Gasteiger partial charge >= 0.3 is 5.97 Å². The van der Waals surface area contributed by atoms with Gasteiger partial charge in [-0.25, -0.2) is 19.3 Å². The number of fused-ring (bicyclic) bond motifs is 1. The first-order valence-electron chi connectivity index (χ1n) is 22.1. The number of ether oxygens (including phenoxy) is 1. The van der Waals surface area contributed by atoms with E-state index >= 15 is 0 Å². The number of phosphoric acid groups is 3. The zero-order valence-electron chi connectivity index (χ0n) is 39.4. The number of Topliss-reactive ketones (excluding diaryl/α,β-unsaturated/α-hetero) is 1. The Bertz CT molecular complexity index is 2240. The van der Waals surface area contributed by atoms with Gasteiger partial charge in [0.15, 0.2) is 17.7 Å². The second-order valence-corrected chi connectivity index (χ2v) is 22.6. The largest absolute Gasteiger partial charge is 0.790 e.